The number of methoxy groups -OCH3 is 1. The minimum atomic E-state index is -0.123. The van der Waals surface area contributed by atoms with Crippen LogP contribution in [0.1, 0.15) is 34.0 Å². The van der Waals surface area contributed by atoms with Crippen molar-refractivity contribution >= 4 is 22.9 Å². The molecule has 0 spiro atoms. The summed E-state index contributed by atoms with van der Waals surface area (Å²) in [6.45, 7) is 6.61. The summed E-state index contributed by atoms with van der Waals surface area (Å²) in [5, 5.41) is 5.87. The van der Waals surface area contributed by atoms with Crippen LogP contribution in [0.15, 0.2) is 60.0 Å². The Morgan fingerprint density at radius 3 is 2.65 bits per heavy atom. The molecule has 0 radical (unpaired) electrons. The molecule has 0 aliphatic carbocycles. The van der Waals surface area contributed by atoms with Gasteiger partial charge in [-0.25, -0.2) is 4.98 Å². The predicted octanol–water partition coefficient (Wildman–Crippen LogP) is 3.96. The third kappa shape index (κ3) is 5.42. The first-order valence-electron chi connectivity index (χ1n) is 10.5. The number of piperazine rings is 1. The molecule has 162 valence electrons. The highest BCUT2D eigenvalue weighted by Crippen LogP contribution is 2.23. The Bertz CT molecular complexity index is 1000. The second kappa shape index (κ2) is 9.94. The summed E-state index contributed by atoms with van der Waals surface area (Å²) in [5.41, 5.74) is 2.78. The van der Waals surface area contributed by atoms with Crippen LogP contribution in [0.5, 0.6) is 5.75 Å². The third-order valence-electron chi connectivity index (χ3n) is 5.58. The Hall–Kier alpha value is -2.90. The van der Waals surface area contributed by atoms with Crippen molar-refractivity contribution in [2.24, 2.45) is 0 Å². The molecule has 4 rings (SSSR count). The molecule has 1 aliphatic heterocycles. The maximum atomic E-state index is 12.6. The van der Waals surface area contributed by atoms with Crippen LogP contribution < -0.4 is 15.0 Å². The maximum absolute atomic E-state index is 12.6. The van der Waals surface area contributed by atoms with Gasteiger partial charge in [0.1, 0.15) is 16.5 Å². The molecule has 1 saturated heterocycles. The van der Waals surface area contributed by atoms with Crippen LogP contribution in [0.2, 0.25) is 0 Å². The molecule has 0 saturated carbocycles. The Labute approximate surface area is 187 Å². The van der Waals surface area contributed by atoms with Crippen molar-refractivity contribution in [2.45, 2.75) is 19.5 Å². The van der Waals surface area contributed by atoms with E-state index in [1.807, 2.05) is 54.8 Å². The van der Waals surface area contributed by atoms with E-state index in [-0.39, 0.29) is 11.9 Å². The molecule has 31 heavy (non-hydrogen) atoms. The van der Waals surface area contributed by atoms with Crippen LogP contribution in [-0.4, -0.2) is 49.1 Å². The lowest BCUT2D eigenvalue weighted by atomic mass is 10.1. The van der Waals surface area contributed by atoms with E-state index in [0.29, 0.717) is 5.69 Å². The molecule has 1 aliphatic rings. The van der Waals surface area contributed by atoms with Crippen LogP contribution in [0, 0.1) is 0 Å². The number of aromatic nitrogens is 1. The Kier molecular flexibility index (Phi) is 6.84. The minimum absolute atomic E-state index is 0.0523. The van der Waals surface area contributed by atoms with Gasteiger partial charge in [-0.05, 0) is 24.6 Å². The monoisotopic (exact) mass is 436 g/mol. The van der Waals surface area contributed by atoms with E-state index < -0.39 is 0 Å². The van der Waals surface area contributed by atoms with E-state index in [4.69, 9.17) is 4.74 Å². The van der Waals surface area contributed by atoms with Crippen molar-refractivity contribution in [3.8, 4) is 5.75 Å². The van der Waals surface area contributed by atoms with Gasteiger partial charge in [-0.1, -0.05) is 36.4 Å². The highest BCUT2D eigenvalue weighted by molar-refractivity contribution is 7.09. The normalized spacial score (nSPS) is 15.5. The topological polar surface area (TPSA) is 57.7 Å². The van der Waals surface area contributed by atoms with Crippen molar-refractivity contribution in [3.05, 3.63) is 76.2 Å². The number of hydrogen-bond donors (Lipinski definition) is 1. The Balaban J connectivity index is 1.29. The van der Waals surface area contributed by atoms with Gasteiger partial charge in [0.2, 0.25) is 0 Å². The van der Waals surface area contributed by atoms with E-state index in [1.54, 1.807) is 18.4 Å². The number of nitrogens with zero attached hydrogens (tertiary/aromatic N) is 3. The van der Waals surface area contributed by atoms with Gasteiger partial charge in [-0.15, -0.1) is 11.3 Å². The second-order valence-corrected chi connectivity index (χ2v) is 8.64. The largest absolute Gasteiger partial charge is 0.497 e. The van der Waals surface area contributed by atoms with Crippen molar-refractivity contribution in [2.75, 3.05) is 38.2 Å². The fraction of sp³-hybridized carbons (Fsp3) is 0.333. The summed E-state index contributed by atoms with van der Waals surface area (Å²) >= 11 is 1.55. The van der Waals surface area contributed by atoms with E-state index >= 15 is 0 Å². The second-order valence-electron chi connectivity index (χ2n) is 7.70. The molecular formula is C24H28N4O2S. The van der Waals surface area contributed by atoms with Crippen molar-refractivity contribution < 1.29 is 9.53 Å². The van der Waals surface area contributed by atoms with E-state index in [1.165, 1.54) is 5.69 Å². The van der Waals surface area contributed by atoms with Gasteiger partial charge in [0.15, 0.2) is 0 Å². The lowest BCUT2D eigenvalue weighted by Gasteiger charge is -2.35. The van der Waals surface area contributed by atoms with E-state index in [9.17, 15) is 4.79 Å². The minimum Gasteiger partial charge on any atom is -0.497 e. The van der Waals surface area contributed by atoms with Gasteiger partial charge in [-0.2, -0.15) is 0 Å². The Morgan fingerprint density at radius 1 is 1.13 bits per heavy atom. The average Bonchev–Trinajstić information content (AvgIpc) is 3.29. The number of carbonyl (C=O) groups excluding carboxylic acids is 1. The van der Waals surface area contributed by atoms with Crippen LogP contribution >= 0.6 is 11.3 Å². The molecule has 6 nitrogen and oxygen atoms in total. The molecule has 1 amide bonds. The van der Waals surface area contributed by atoms with Crippen LogP contribution in [-0.2, 0) is 6.54 Å². The van der Waals surface area contributed by atoms with Gasteiger partial charge in [0, 0.05) is 43.3 Å². The zero-order valence-electron chi connectivity index (χ0n) is 18.0. The summed E-state index contributed by atoms with van der Waals surface area (Å²) in [4.78, 5) is 21.9. The van der Waals surface area contributed by atoms with Crippen molar-refractivity contribution in [1.82, 2.24) is 15.2 Å². The third-order valence-corrected chi connectivity index (χ3v) is 6.41. The molecule has 0 bridgehead atoms. The standard InChI is InChI=1S/C24H28N4O2S/c1-18(19-7-4-3-5-8-19)25-24(29)22-17-31-23(26-22)16-27-11-13-28(14-12-27)20-9-6-10-21(15-20)30-2/h3-10,15,17-18H,11-14,16H2,1-2H3,(H,25,29)/t18-/m1/s1. The number of nitrogens with one attached hydrogen (secondary N) is 1. The fourth-order valence-corrected chi connectivity index (χ4v) is 4.56. The molecule has 2 heterocycles. The molecule has 1 aromatic heterocycles. The molecule has 1 atom stereocenters. The van der Waals surface area contributed by atoms with Crippen LogP contribution in [0.3, 0.4) is 0 Å². The maximum Gasteiger partial charge on any atom is 0.271 e. The summed E-state index contributed by atoms with van der Waals surface area (Å²) in [7, 11) is 1.70. The highest BCUT2D eigenvalue weighted by atomic mass is 32.1. The lowest BCUT2D eigenvalue weighted by Crippen LogP contribution is -2.45. The lowest BCUT2D eigenvalue weighted by molar-refractivity contribution is 0.0935. The van der Waals surface area contributed by atoms with Gasteiger partial charge in [-0.3, -0.25) is 9.69 Å². The number of anilines is 1. The molecule has 1 N–H and O–H groups in total. The van der Waals surface area contributed by atoms with Gasteiger partial charge in [0.05, 0.1) is 19.7 Å². The number of rotatable bonds is 7. The van der Waals surface area contributed by atoms with Crippen LogP contribution in [0.25, 0.3) is 0 Å². The van der Waals surface area contributed by atoms with Gasteiger partial charge in [0.25, 0.3) is 5.91 Å². The average molecular weight is 437 g/mol. The summed E-state index contributed by atoms with van der Waals surface area (Å²) in [5.74, 6) is 0.761. The number of carbonyl (C=O) groups is 1. The zero-order chi connectivity index (χ0) is 21.6. The summed E-state index contributed by atoms with van der Waals surface area (Å²) < 4.78 is 5.34. The molecule has 3 aromatic rings. The first-order chi connectivity index (χ1) is 15.1. The zero-order valence-corrected chi connectivity index (χ0v) is 18.8. The summed E-state index contributed by atoms with van der Waals surface area (Å²) in [6, 6.07) is 18.1. The fourth-order valence-electron chi connectivity index (χ4n) is 3.75. The number of benzene rings is 2. The van der Waals surface area contributed by atoms with E-state index in [0.717, 1.165) is 49.0 Å². The summed E-state index contributed by atoms with van der Waals surface area (Å²) in [6.07, 6.45) is 0. The molecule has 2 aromatic carbocycles. The highest BCUT2D eigenvalue weighted by Gasteiger charge is 2.20. The molecule has 7 heteroatoms. The number of thiazole rings is 1. The van der Waals surface area contributed by atoms with Crippen molar-refractivity contribution in [1.29, 1.82) is 0 Å². The number of amides is 1. The van der Waals surface area contributed by atoms with Crippen LogP contribution in [0.4, 0.5) is 5.69 Å². The predicted molar refractivity (Wildman–Crippen MR) is 125 cm³/mol. The molecule has 0 unspecified atom stereocenters. The number of hydrogen-bond acceptors (Lipinski definition) is 6. The van der Waals surface area contributed by atoms with Gasteiger partial charge < -0.3 is 15.0 Å². The molecule has 1 fully saturated rings. The van der Waals surface area contributed by atoms with Crippen molar-refractivity contribution in [3.63, 3.8) is 0 Å². The first-order valence-corrected chi connectivity index (χ1v) is 11.4. The molecular weight excluding hydrogens is 408 g/mol. The Morgan fingerprint density at radius 2 is 1.90 bits per heavy atom. The SMILES string of the molecule is COc1cccc(N2CCN(Cc3nc(C(=O)N[C@H](C)c4ccccc4)cs3)CC2)c1. The quantitative estimate of drug-likeness (QED) is 0.607. The first kappa shape index (κ1) is 21.3. The van der Waals surface area contributed by atoms with E-state index in [2.05, 4.69) is 32.2 Å². The smallest absolute Gasteiger partial charge is 0.271 e. The number of ether oxygens (including phenoxy) is 1. The van der Waals surface area contributed by atoms with Gasteiger partial charge >= 0.3 is 0 Å².